The van der Waals surface area contributed by atoms with Crippen molar-refractivity contribution in [3.8, 4) is 11.5 Å². The normalized spacial score (nSPS) is 19.2. The Morgan fingerprint density at radius 2 is 1.47 bits per heavy atom. The molecule has 1 atom stereocenters. The van der Waals surface area contributed by atoms with E-state index in [4.69, 9.17) is 26.6 Å². The number of hydrogen-bond acceptors (Lipinski definition) is 12. The van der Waals surface area contributed by atoms with Gasteiger partial charge in [0, 0.05) is 78.1 Å². The van der Waals surface area contributed by atoms with E-state index in [0.717, 1.165) is 107 Å². The maximum absolute atomic E-state index is 13.5. The second-order valence-corrected chi connectivity index (χ2v) is 17.5. The third kappa shape index (κ3) is 11.7. The summed E-state index contributed by atoms with van der Waals surface area (Å²) >= 11 is 0. The Balaban J connectivity index is 0.841. The van der Waals surface area contributed by atoms with Crippen LogP contribution in [0.25, 0.3) is 5.70 Å². The zero-order valence-electron chi connectivity index (χ0n) is 38.3. The lowest BCUT2D eigenvalue weighted by atomic mass is 9.95. The minimum absolute atomic E-state index is 0.0691. The number of anilines is 1. The zero-order chi connectivity index (χ0) is 46.6. The first-order valence-electron chi connectivity index (χ1n) is 23.3. The molecule has 4 heterocycles. The van der Waals surface area contributed by atoms with Crippen LogP contribution in [0.1, 0.15) is 71.7 Å². The smallest absolute Gasteiger partial charge is 0.262 e. The van der Waals surface area contributed by atoms with Gasteiger partial charge in [0.2, 0.25) is 5.91 Å². The van der Waals surface area contributed by atoms with Crippen molar-refractivity contribution in [3.63, 3.8) is 0 Å². The van der Waals surface area contributed by atoms with E-state index in [0.29, 0.717) is 46.2 Å². The molecular weight excluding hydrogens is 835 g/mol. The Kier molecular flexibility index (Phi) is 16.4. The molecule has 7 rings (SSSR count). The summed E-state index contributed by atoms with van der Waals surface area (Å²) in [5, 5.41) is 14.3. The molecule has 3 saturated heterocycles. The molecule has 0 aliphatic carbocycles. The Hall–Kier alpha value is -6.36. The van der Waals surface area contributed by atoms with Gasteiger partial charge in [-0.15, -0.1) is 0 Å². The topological polar surface area (TPSA) is 206 Å². The quantitative estimate of drug-likeness (QED) is 0.0525. The molecule has 350 valence electrons. The second kappa shape index (κ2) is 22.7. The van der Waals surface area contributed by atoms with E-state index >= 15 is 0 Å². The fourth-order valence-electron chi connectivity index (χ4n) is 9.39. The molecule has 0 bridgehead atoms. The standard InChI is InChI=1S/C50H65N11O5/c1-3-21-55-47(44(46(52)53)45(51)36-11-14-40(15-12-36)66-39-8-5-4-6-9-39)56-37-19-24-58(25-20-37)27-26-57-22-17-35(18-23-57)34-59-28-30-60(31-29-59)38-13-16-41-42(33-38)50(65)61(49(41)64)43(10-7-32-62)48(63)54-2/h3-6,8-9,11-16,21,32-33,35,37,43H,7,10,17-20,22-31,34,51H2,1-2H3,(H3,52,53)(H,54,63)(H,55,56)/b21-3+,45-44?. The van der Waals surface area contributed by atoms with Crippen molar-refractivity contribution in [1.82, 2.24) is 30.2 Å². The highest BCUT2D eigenvalue weighted by Crippen LogP contribution is 2.31. The van der Waals surface area contributed by atoms with Crippen LogP contribution in [-0.4, -0.2) is 146 Å². The van der Waals surface area contributed by atoms with Crippen LogP contribution < -0.4 is 31.7 Å². The van der Waals surface area contributed by atoms with Crippen LogP contribution in [0, 0.1) is 11.3 Å². The summed E-state index contributed by atoms with van der Waals surface area (Å²) in [6.45, 7) is 12.7. The number of likely N-dealkylation sites (N-methyl/N-ethyl adjacent to an activating group) is 1. The zero-order valence-corrected chi connectivity index (χ0v) is 38.3. The molecule has 3 aromatic rings. The molecule has 4 aliphatic rings. The number of rotatable bonds is 18. The van der Waals surface area contributed by atoms with Crippen LogP contribution in [0.3, 0.4) is 0 Å². The molecular formula is C50H65N11O5. The first-order chi connectivity index (χ1) is 32.1. The maximum atomic E-state index is 13.5. The third-order valence-corrected chi connectivity index (χ3v) is 13.2. The maximum Gasteiger partial charge on any atom is 0.262 e. The van der Waals surface area contributed by atoms with E-state index in [2.05, 4.69) is 30.2 Å². The fraction of sp³-hybridized carbons (Fsp3) is 0.440. The van der Waals surface area contributed by atoms with E-state index in [1.54, 1.807) is 18.3 Å². The van der Waals surface area contributed by atoms with Crippen molar-refractivity contribution in [2.45, 2.75) is 57.5 Å². The van der Waals surface area contributed by atoms with Gasteiger partial charge in [-0.2, -0.15) is 0 Å². The average Bonchev–Trinajstić information content (AvgIpc) is 3.59. The summed E-state index contributed by atoms with van der Waals surface area (Å²) in [6, 6.07) is 21.4. The number of fused-ring (bicyclic) bond motifs is 1. The van der Waals surface area contributed by atoms with Crippen molar-refractivity contribution in [2.75, 3.05) is 83.9 Å². The predicted octanol–water partition coefficient (Wildman–Crippen LogP) is 4.29. The lowest BCUT2D eigenvalue weighted by Gasteiger charge is -2.40. The van der Waals surface area contributed by atoms with E-state index in [1.807, 2.05) is 73.7 Å². The molecule has 3 fully saturated rings. The van der Waals surface area contributed by atoms with Gasteiger partial charge < -0.3 is 46.3 Å². The first-order valence-corrected chi connectivity index (χ1v) is 23.3. The van der Waals surface area contributed by atoms with Crippen molar-refractivity contribution < 1.29 is 23.9 Å². The first kappa shape index (κ1) is 47.6. The number of amidine groups is 2. The number of allylic oxidation sites excluding steroid dienone is 1. The van der Waals surface area contributed by atoms with Crippen LogP contribution in [0.2, 0.25) is 0 Å². The predicted molar refractivity (Wildman–Crippen MR) is 259 cm³/mol. The van der Waals surface area contributed by atoms with E-state index in [-0.39, 0.29) is 24.7 Å². The van der Waals surface area contributed by atoms with E-state index < -0.39 is 23.8 Å². The van der Waals surface area contributed by atoms with Gasteiger partial charge in [0.15, 0.2) is 0 Å². The average molecular weight is 900 g/mol. The number of imide groups is 1. The molecule has 3 aromatic carbocycles. The number of nitrogens with two attached hydrogens (primary N) is 2. The highest BCUT2D eigenvalue weighted by molar-refractivity contribution is 6.26. The number of piperazine rings is 1. The molecule has 7 N–H and O–H groups in total. The minimum Gasteiger partial charge on any atom is -0.457 e. The Bertz CT molecular complexity index is 2270. The van der Waals surface area contributed by atoms with E-state index in [1.165, 1.54) is 19.9 Å². The number of nitrogens with zero attached hydrogens (tertiary/aromatic N) is 6. The van der Waals surface area contributed by atoms with Gasteiger partial charge in [-0.05, 0) is 124 Å². The third-order valence-electron chi connectivity index (χ3n) is 13.2. The number of carbonyl (C=O) groups excluding carboxylic acids is 4. The number of nitrogens with one attached hydrogen (secondary N) is 3. The van der Waals surface area contributed by atoms with Crippen LogP contribution >= 0.6 is 0 Å². The van der Waals surface area contributed by atoms with Crippen LogP contribution in [0.4, 0.5) is 5.69 Å². The van der Waals surface area contributed by atoms with Gasteiger partial charge in [0.1, 0.15) is 35.5 Å². The molecule has 66 heavy (non-hydrogen) atoms. The summed E-state index contributed by atoms with van der Waals surface area (Å²) in [6.07, 6.45) is 8.68. The molecule has 0 saturated carbocycles. The number of hydrogen-bond donors (Lipinski definition) is 5. The number of aldehydes is 1. The lowest BCUT2D eigenvalue weighted by molar-refractivity contribution is -0.124. The number of likely N-dealkylation sites (tertiary alicyclic amines) is 2. The summed E-state index contributed by atoms with van der Waals surface area (Å²) in [4.78, 5) is 66.4. The molecule has 0 aromatic heterocycles. The van der Waals surface area contributed by atoms with Gasteiger partial charge in [0.25, 0.3) is 11.8 Å². The Morgan fingerprint density at radius 1 is 0.833 bits per heavy atom. The fourth-order valence-corrected chi connectivity index (χ4v) is 9.39. The van der Waals surface area contributed by atoms with Gasteiger partial charge in [-0.25, -0.2) is 0 Å². The van der Waals surface area contributed by atoms with Crippen molar-refractivity contribution in [2.24, 2.45) is 22.4 Å². The van der Waals surface area contributed by atoms with Crippen molar-refractivity contribution >= 4 is 47.1 Å². The SMILES string of the molecule is C/C=C/NC(=NC1CCN(CCN2CCC(CN3CCN(c4ccc5c(c4)C(=O)N(C(CCC=O)C(=O)NC)C5=O)CC3)CC2)CC1)C(C(=N)N)=C(N)c1ccc(Oc2ccccc2)cc1. The van der Waals surface area contributed by atoms with Crippen molar-refractivity contribution in [1.29, 1.82) is 5.41 Å². The number of ether oxygens (including phenoxy) is 1. The highest BCUT2D eigenvalue weighted by atomic mass is 16.5. The van der Waals surface area contributed by atoms with Crippen molar-refractivity contribution in [3.05, 3.63) is 107 Å². The number of amides is 3. The molecule has 16 nitrogen and oxygen atoms in total. The number of carbonyl (C=O) groups is 4. The molecule has 4 aliphatic heterocycles. The number of piperidine rings is 2. The molecule has 0 radical (unpaired) electrons. The van der Waals surface area contributed by atoms with Crippen LogP contribution in [-0.2, 0) is 9.59 Å². The van der Waals surface area contributed by atoms with E-state index in [9.17, 15) is 19.2 Å². The Labute approximate surface area is 388 Å². The minimum atomic E-state index is -1.03. The highest BCUT2D eigenvalue weighted by Gasteiger charge is 2.43. The molecule has 16 heteroatoms. The van der Waals surface area contributed by atoms with Crippen LogP contribution in [0.15, 0.2) is 95.6 Å². The molecule has 0 spiro atoms. The monoisotopic (exact) mass is 900 g/mol. The molecule has 1 unspecified atom stereocenters. The largest absolute Gasteiger partial charge is 0.457 e. The summed E-state index contributed by atoms with van der Waals surface area (Å²) in [5.74, 6) is 0.968. The van der Waals surface area contributed by atoms with Gasteiger partial charge in [-0.3, -0.25) is 34.6 Å². The number of benzene rings is 3. The number of para-hydroxylation sites is 1. The Morgan fingerprint density at radius 3 is 2.09 bits per heavy atom. The lowest BCUT2D eigenvalue weighted by Crippen LogP contribution is -2.49. The summed E-state index contributed by atoms with van der Waals surface area (Å²) < 4.78 is 5.95. The van der Waals surface area contributed by atoms with Gasteiger partial charge in [-0.1, -0.05) is 24.3 Å². The summed E-state index contributed by atoms with van der Waals surface area (Å²) in [7, 11) is 1.46. The number of aliphatic imine (C=N–C) groups is 1. The van der Waals surface area contributed by atoms with Gasteiger partial charge in [0.05, 0.1) is 28.4 Å². The van der Waals surface area contributed by atoms with Gasteiger partial charge >= 0.3 is 0 Å². The summed E-state index contributed by atoms with van der Waals surface area (Å²) in [5.41, 5.74) is 15.8. The molecule has 3 amide bonds. The van der Waals surface area contributed by atoms with Crippen LogP contribution in [0.5, 0.6) is 11.5 Å². The second-order valence-electron chi connectivity index (χ2n) is 17.5.